The lowest BCUT2D eigenvalue weighted by atomic mass is 10.2. The molecular formula is C13H10ClFN4O. The second-order valence-electron chi connectivity index (χ2n) is 4.51. The van der Waals surface area contributed by atoms with Crippen LogP contribution in [0.1, 0.15) is 12.8 Å². The molecule has 0 aromatic carbocycles. The molecule has 5 nitrogen and oxygen atoms in total. The van der Waals surface area contributed by atoms with Crippen molar-refractivity contribution in [3.05, 3.63) is 35.6 Å². The third-order valence-electron chi connectivity index (χ3n) is 2.96. The highest BCUT2D eigenvalue weighted by atomic mass is 35.5. The number of hydrogen-bond acceptors (Lipinski definition) is 4. The van der Waals surface area contributed by atoms with Crippen molar-refractivity contribution in [1.29, 1.82) is 0 Å². The predicted octanol–water partition coefficient (Wildman–Crippen LogP) is 2.68. The average molecular weight is 293 g/mol. The van der Waals surface area contributed by atoms with Gasteiger partial charge in [-0.1, -0.05) is 11.6 Å². The van der Waals surface area contributed by atoms with Crippen LogP contribution in [0.15, 0.2) is 24.7 Å². The predicted molar refractivity (Wildman–Crippen MR) is 71.6 cm³/mol. The maximum atomic E-state index is 13.6. The lowest BCUT2D eigenvalue weighted by Crippen LogP contribution is -2.14. The Labute approximate surface area is 119 Å². The number of anilines is 1. The Bertz CT molecular complexity index is 675. The smallest absolute Gasteiger partial charge is 0.228 e. The fourth-order valence-electron chi connectivity index (χ4n) is 1.75. The minimum Gasteiger partial charge on any atom is -0.309 e. The number of nitrogens with one attached hydrogen (secondary N) is 1. The number of aromatic nitrogens is 3. The zero-order valence-electron chi connectivity index (χ0n) is 10.3. The first kappa shape index (κ1) is 12.9. The molecule has 7 heteroatoms. The van der Waals surface area contributed by atoms with E-state index in [1.807, 2.05) is 0 Å². The topological polar surface area (TPSA) is 67.8 Å². The molecule has 1 fully saturated rings. The quantitative estimate of drug-likeness (QED) is 0.944. The maximum absolute atomic E-state index is 13.6. The Morgan fingerprint density at radius 1 is 1.40 bits per heavy atom. The van der Waals surface area contributed by atoms with Gasteiger partial charge in [-0.3, -0.25) is 9.78 Å². The molecule has 0 aliphatic heterocycles. The van der Waals surface area contributed by atoms with Crippen LogP contribution in [0.4, 0.5) is 10.2 Å². The Hall–Kier alpha value is -2.08. The van der Waals surface area contributed by atoms with Crippen LogP contribution < -0.4 is 5.32 Å². The first-order chi connectivity index (χ1) is 9.65. The van der Waals surface area contributed by atoms with Gasteiger partial charge in [-0.25, -0.2) is 14.4 Å². The largest absolute Gasteiger partial charge is 0.309 e. The van der Waals surface area contributed by atoms with Gasteiger partial charge in [0.2, 0.25) is 5.91 Å². The molecule has 0 unspecified atom stereocenters. The highest BCUT2D eigenvalue weighted by molar-refractivity contribution is 6.31. The van der Waals surface area contributed by atoms with E-state index in [0.717, 1.165) is 19.0 Å². The summed E-state index contributed by atoms with van der Waals surface area (Å²) in [5.41, 5.74) is 0.438. The Morgan fingerprint density at radius 2 is 2.20 bits per heavy atom. The standard InChI is InChI=1S/C13H10ClFN4O/c14-12-11(8-3-4-16-5-9(8)15)17-6-10(18-12)19-13(20)7-1-2-7/h3-7H,1-2H2,(H,18,19,20). The summed E-state index contributed by atoms with van der Waals surface area (Å²) >= 11 is 6.00. The SMILES string of the molecule is O=C(Nc1cnc(-c2ccncc2F)c(Cl)n1)C1CC1. The number of carbonyl (C=O) groups excluding carboxylic acids is 1. The molecule has 1 saturated carbocycles. The summed E-state index contributed by atoms with van der Waals surface area (Å²) < 4.78 is 13.6. The second-order valence-corrected chi connectivity index (χ2v) is 4.87. The van der Waals surface area contributed by atoms with Gasteiger partial charge in [-0.15, -0.1) is 0 Å². The third kappa shape index (κ3) is 2.60. The fraction of sp³-hybridized carbons (Fsp3) is 0.231. The van der Waals surface area contributed by atoms with Crippen LogP contribution in [0.25, 0.3) is 11.3 Å². The zero-order valence-corrected chi connectivity index (χ0v) is 11.1. The van der Waals surface area contributed by atoms with Crippen LogP contribution >= 0.6 is 11.6 Å². The molecule has 1 amide bonds. The Morgan fingerprint density at radius 3 is 2.85 bits per heavy atom. The highest BCUT2D eigenvalue weighted by Crippen LogP contribution is 2.31. The fourth-order valence-corrected chi connectivity index (χ4v) is 1.99. The molecule has 20 heavy (non-hydrogen) atoms. The molecule has 1 aliphatic carbocycles. The van der Waals surface area contributed by atoms with E-state index >= 15 is 0 Å². The number of carbonyl (C=O) groups is 1. The van der Waals surface area contributed by atoms with E-state index in [9.17, 15) is 9.18 Å². The molecule has 1 aliphatic rings. The van der Waals surface area contributed by atoms with Gasteiger partial charge in [0, 0.05) is 17.7 Å². The van der Waals surface area contributed by atoms with Gasteiger partial charge in [-0.2, -0.15) is 0 Å². The van der Waals surface area contributed by atoms with Crippen molar-refractivity contribution >= 4 is 23.3 Å². The molecule has 2 aromatic rings. The van der Waals surface area contributed by atoms with Crippen molar-refractivity contribution in [2.75, 3.05) is 5.32 Å². The van der Waals surface area contributed by atoms with E-state index < -0.39 is 5.82 Å². The van der Waals surface area contributed by atoms with Crippen LogP contribution in [-0.2, 0) is 4.79 Å². The molecule has 0 bridgehead atoms. The van der Waals surface area contributed by atoms with E-state index in [-0.39, 0.29) is 34.1 Å². The number of rotatable bonds is 3. The summed E-state index contributed by atoms with van der Waals surface area (Å²) in [6, 6.07) is 1.47. The summed E-state index contributed by atoms with van der Waals surface area (Å²) in [7, 11) is 0. The van der Waals surface area contributed by atoms with Crippen molar-refractivity contribution < 1.29 is 9.18 Å². The summed E-state index contributed by atoms with van der Waals surface area (Å²) in [5.74, 6) is -0.283. The van der Waals surface area contributed by atoms with Crippen molar-refractivity contribution in [2.24, 2.45) is 5.92 Å². The first-order valence-electron chi connectivity index (χ1n) is 6.08. The van der Waals surface area contributed by atoms with Crippen molar-refractivity contribution in [1.82, 2.24) is 15.0 Å². The van der Waals surface area contributed by atoms with Crippen molar-refractivity contribution in [2.45, 2.75) is 12.8 Å². The minimum absolute atomic E-state index is 0.0312. The first-order valence-corrected chi connectivity index (χ1v) is 6.46. The molecule has 0 spiro atoms. The normalized spacial score (nSPS) is 14.1. The van der Waals surface area contributed by atoms with Crippen LogP contribution in [-0.4, -0.2) is 20.9 Å². The van der Waals surface area contributed by atoms with E-state index in [0.29, 0.717) is 0 Å². The molecular weight excluding hydrogens is 283 g/mol. The monoisotopic (exact) mass is 292 g/mol. The summed E-state index contributed by atoms with van der Waals surface area (Å²) in [4.78, 5) is 23.4. The summed E-state index contributed by atoms with van der Waals surface area (Å²) in [6.45, 7) is 0. The van der Waals surface area contributed by atoms with Crippen LogP contribution in [0, 0.1) is 11.7 Å². The summed E-state index contributed by atoms with van der Waals surface area (Å²) in [6.07, 6.45) is 5.68. The number of hydrogen-bond donors (Lipinski definition) is 1. The van der Waals surface area contributed by atoms with Gasteiger partial charge in [0.1, 0.15) is 5.69 Å². The lowest BCUT2D eigenvalue weighted by molar-refractivity contribution is -0.117. The van der Waals surface area contributed by atoms with E-state index in [1.54, 1.807) is 0 Å². The van der Waals surface area contributed by atoms with Crippen LogP contribution in [0.2, 0.25) is 5.15 Å². The third-order valence-corrected chi connectivity index (χ3v) is 3.22. The molecule has 1 N–H and O–H groups in total. The number of amides is 1. The molecule has 2 aromatic heterocycles. The average Bonchev–Trinajstić information content (AvgIpc) is 3.24. The maximum Gasteiger partial charge on any atom is 0.228 e. The van der Waals surface area contributed by atoms with Gasteiger partial charge in [-0.05, 0) is 18.9 Å². The Kier molecular flexibility index (Phi) is 3.31. The molecule has 0 saturated heterocycles. The number of pyridine rings is 1. The van der Waals surface area contributed by atoms with Gasteiger partial charge in [0.25, 0.3) is 0 Å². The molecule has 2 heterocycles. The van der Waals surface area contributed by atoms with E-state index in [1.165, 1.54) is 18.5 Å². The molecule has 0 radical (unpaired) electrons. The van der Waals surface area contributed by atoms with Crippen molar-refractivity contribution in [3.8, 4) is 11.3 Å². The van der Waals surface area contributed by atoms with E-state index in [2.05, 4.69) is 20.3 Å². The van der Waals surface area contributed by atoms with Crippen LogP contribution in [0.3, 0.4) is 0 Å². The zero-order chi connectivity index (χ0) is 14.1. The number of halogens is 2. The minimum atomic E-state index is -0.529. The molecule has 102 valence electrons. The van der Waals surface area contributed by atoms with Crippen molar-refractivity contribution in [3.63, 3.8) is 0 Å². The Balaban J connectivity index is 1.87. The molecule has 3 rings (SSSR count). The van der Waals surface area contributed by atoms with Gasteiger partial charge in [0.05, 0.1) is 12.4 Å². The number of nitrogens with zero attached hydrogens (tertiary/aromatic N) is 3. The van der Waals surface area contributed by atoms with Gasteiger partial charge >= 0.3 is 0 Å². The van der Waals surface area contributed by atoms with Crippen LogP contribution in [0.5, 0.6) is 0 Å². The second kappa shape index (κ2) is 5.13. The lowest BCUT2D eigenvalue weighted by Gasteiger charge is -2.07. The van der Waals surface area contributed by atoms with Gasteiger partial charge < -0.3 is 5.32 Å². The highest BCUT2D eigenvalue weighted by Gasteiger charge is 2.30. The van der Waals surface area contributed by atoms with E-state index in [4.69, 9.17) is 11.6 Å². The van der Waals surface area contributed by atoms with Gasteiger partial charge in [0.15, 0.2) is 16.8 Å². The molecule has 0 atom stereocenters. The summed E-state index contributed by atoms with van der Waals surface area (Å²) in [5, 5.41) is 2.67.